The first kappa shape index (κ1) is 15.0. The van der Waals surface area contributed by atoms with Crippen LogP contribution in [0.4, 0.5) is 0 Å². The summed E-state index contributed by atoms with van der Waals surface area (Å²) in [6.45, 7) is 17.8. The lowest BCUT2D eigenvalue weighted by Crippen LogP contribution is -2.25. The molecule has 0 unspecified atom stereocenters. The summed E-state index contributed by atoms with van der Waals surface area (Å²) in [4.78, 5) is 0. The molecule has 0 aliphatic rings. The van der Waals surface area contributed by atoms with Crippen molar-refractivity contribution in [2.45, 2.75) is 20.8 Å². The van der Waals surface area contributed by atoms with Crippen LogP contribution in [0.15, 0.2) is 49.6 Å². The zero-order chi connectivity index (χ0) is 14.4. The van der Waals surface area contributed by atoms with E-state index >= 15 is 0 Å². The molecule has 0 fully saturated rings. The molecular formula is C19H22. The third kappa shape index (κ3) is 3.03. The first-order valence-electron chi connectivity index (χ1n) is 6.48. The van der Waals surface area contributed by atoms with Gasteiger partial charge in [-0.25, -0.2) is 0 Å². The lowest BCUT2D eigenvalue weighted by Gasteiger charge is -2.10. The first-order chi connectivity index (χ1) is 9.12. The van der Waals surface area contributed by atoms with E-state index in [1.165, 1.54) is 10.4 Å². The highest BCUT2D eigenvalue weighted by atomic mass is 14.1. The van der Waals surface area contributed by atoms with E-state index in [1.807, 2.05) is 32.1 Å². The Labute approximate surface area is 116 Å². The van der Waals surface area contributed by atoms with E-state index in [0.717, 1.165) is 22.3 Å². The fraction of sp³-hybridized carbons (Fsp3) is 0.158. The van der Waals surface area contributed by atoms with Crippen molar-refractivity contribution in [2.75, 3.05) is 0 Å². The minimum atomic E-state index is 1.11. The molecule has 1 aromatic carbocycles. The topological polar surface area (TPSA) is 0 Å². The van der Waals surface area contributed by atoms with Crippen LogP contribution in [0.3, 0.4) is 0 Å². The number of benzene rings is 1. The van der Waals surface area contributed by atoms with Crippen LogP contribution in [0.25, 0.3) is 23.8 Å². The Morgan fingerprint density at radius 3 is 1.95 bits per heavy atom. The van der Waals surface area contributed by atoms with E-state index in [-0.39, 0.29) is 0 Å². The normalized spacial score (nSPS) is 14.1. The van der Waals surface area contributed by atoms with Gasteiger partial charge in [-0.2, -0.15) is 0 Å². The van der Waals surface area contributed by atoms with Crippen molar-refractivity contribution in [3.8, 4) is 0 Å². The molecular weight excluding hydrogens is 228 g/mol. The van der Waals surface area contributed by atoms with Gasteiger partial charge in [-0.05, 0) is 65.6 Å². The van der Waals surface area contributed by atoms with Crippen LogP contribution >= 0.6 is 0 Å². The molecule has 1 aromatic rings. The van der Waals surface area contributed by atoms with Gasteiger partial charge in [-0.15, -0.1) is 0 Å². The Bertz CT molecular complexity index is 652. The molecule has 1 rings (SSSR count). The number of allylic oxidation sites excluding steroid dienone is 4. The molecule has 0 heterocycles. The third-order valence-corrected chi connectivity index (χ3v) is 3.32. The quantitative estimate of drug-likeness (QED) is 0.706. The fourth-order valence-electron chi connectivity index (χ4n) is 2.15. The maximum absolute atomic E-state index is 3.92. The average Bonchev–Trinajstić information content (AvgIpc) is 2.46. The van der Waals surface area contributed by atoms with Crippen molar-refractivity contribution in [2.24, 2.45) is 0 Å². The second-order valence-electron chi connectivity index (χ2n) is 4.35. The minimum Gasteiger partial charge on any atom is -0.0988 e. The predicted octanol–water partition coefficient (Wildman–Crippen LogP) is 4.08. The zero-order valence-corrected chi connectivity index (χ0v) is 12.2. The maximum Gasteiger partial charge on any atom is -0.0103 e. The van der Waals surface area contributed by atoms with Crippen LogP contribution in [0.2, 0.25) is 0 Å². The standard InChI is InChI=1S/C19H22/c1-7-14(6)18(11-5)19-13-16(9-3)15(8-2)12-17(19)10-4/h7-13H,1,4-5H2,2-3,6H3/b15-8-,16-9-,18-14+. The van der Waals surface area contributed by atoms with Gasteiger partial charge in [0.25, 0.3) is 0 Å². The predicted molar refractivity (Wildman–Crippen MR) is 89.0 cm³/mol. The van der Waals surface area contributed by atoms with E-state index in [2.05, 4.69) is 50.9 Å². The smallest absolute Gasteiger partial charge is 0.0103 e. The van der Waals surface area contributed by atoms with Gasteiger partial charge in [0.2, 0.25) is 0 Å². The summed E-state index contributed by atoms with van der Waals surface area (Å²) in [6, 6.07) is 4.36. The van der Waals surface area contributed by atoms with Crippen molar-refractivity contribution in [3.05, 3.63) is 71.2 Å². The molecule has 0 aliphatic carbocycles. The van der Waals surface area contributed by atoms with Crippen LogP contribution in [0.5, 0.6) is 0 Å². The van der Waals surface area contributed by atoms with Gasteiger partial charge >= 0.3 is 0 Å². The summed E-state index contributed by atoms with van der Waals surface area (Å²) in [6.07, 6.45) is 9.87. The van der Waals surface area contributed by atoms with Crippen molar-refractivity contribution in [3.63, 3.8) is 0 Å². The Kier molecular flexibility index (Phi) is 5.32. The molecule has 0 atom stereocenters. The molecule has 0 aliphatic heterocycles. The van der Waals surface area contributed by atoms with Crippen molar-refractivity contribution in [1.29, 1.82) is 0 Å². The molecule has 0 saturated carbocycles. The molecule has 98 valence electrons. The van der Waals surface area contributed by atoms with Crippen LogP contribution in [0, 0.1) is 0 Å². The van der Waals surface area contributed by atoms with Crippen molar-refractivity contribution >= 4 is 23.8 Å². The molecule has 0 amide bonds. The van der Waals surface area contributed by atoms with Gasteiger partial charge in [0.05, 0.1) is 0 Å². The van der Waals surface area contributed by atoms with Crippen LogP contribution in [0.1, 0.15) is 31.9 Å². The van der Waals surface area contributed by atoms with Crippen molar-refractivity contribution < 1.29 is 0 Å². The summed E-state index contributed by atoms with van der Waals surface area (Å²) < 4.78 is 0. The summed E-state index contributed by atoms with van der Waals surface area (Å²) in [5, 5.41) is 2.44. The van der Waals surface area contributed by atoms with Crippen LogP contribution in [-0.4, -0.2) is 0 Å². The molecule has 0 heteroatoms. The molecule has 0 N–H and O–H groups in total. The number of hydrogen-bond acceptors (Lipinski definition) is 0. The highest BCUT2D eigenvalue weighted by molar-refractivity contribution is 5.82. The summed E-state index contributed by atoms with van der Waals surface area (Å²) in [5.41, 5.74) is 4.50. The molecule has 0 spiro atoms. The Balaban J connectivity index is 3.84. The summed E-state index contributed by atoms with van der Waals surface area (Å²) in [7, 11) is 0. The fourth-order valence-corrected chi connectivity index (χ4v) is 2.15. The Morgan fingerprint density at radius 1 is 0.947 bits per heavy atom. The largest absolute Gasteiger partial charge is 0.0988 e. The highest BCUT2D eigenvalue weighted by Crippen LogP contribution is 2.23. The molecule has 0 aromatic heterocycles. The van der Waals surface area contributed by atoms with E-state index in [4.69, 9.17) is 0 Å². The number of hydrogen-bond donors (Lipinski definition) is 0. The van der Waals surface area contributed by atoms with E-state index in [0.29, 0.717) is 0 Å². The molecule has 19 heavy (non-hydrogen) atoms. The lowest BCUT2D eigenvalue weighted by atomic mass is 9.94. The van der Waals surface area contributed by atoms with Gasteiger partial charge in [-0.1, -0.05) is 50.1 Å². The third-order valence-electron chi connectivity index (χ3n) is 3.32. The second-order valence-corrected chi connectivity index (χ2v) is 4.35. The van der Waals surface area contributed by atoms with Gasteiger partial charge in [0.1, 0.15) is 0 Å². The number of rotatable bonds is 4. The van der Waals surface area contributed by atoms with Gasteiger partial charge in [0, 0.05) is 0 Å². The van der Waals surface area contributed by atoms with Crippen molar-refractivity contribution in [1.82, 2.24) is 0 Å². The van der Waals surface area contributed by atoms with Crippen LogP contribution < -0.4 is 10.4 Å². The molecule has 0 saturated heterocycles. The van der Waals surface area contributed by atoms with Crippen LogP contribution in [-0.2, 0) is 0 Å². The molecule has 0 nitrogen and oxygen atoms in total. The molecule has 0 radical (unpaired) electrons. The molecule has 0 bridgehead atoms. The lowest BCUT2D eigenvalue weighted by molar-refractivity contribution is 1.42. The van der Waals surface area contributed by atoms with E-state index in [1.54, 1.807) is 0 Å². The maximum atomic E-state index is 3.92. The minimum absolute atomic E-state index is 1.11. The summed E-state index contributed by atoms with van der Waals surface area (Å²) >= 11 is 0. The average molecular weight is 250 g/mol. The van der Waals surface area contributed by atoms with E-state index in [9.17, 15) is 0 Å². The highest BCUT2D eigenvalue weighted by Gasteiger charge is 2.05. The first-order valence-corrected chi connectivity index (χ1v) is 6.48. The second kappa shape index (κ2) is 6.75. The van der Waals surface area contributed by atoms with Gasteiger partial charge in [0.15, 0.2) is 0 Å². The van der Waals surface area contributed by atoms with Gasteiger partial charge < -0.3 is 0 Å². The monoisotopic (exact) mass is 250 g/mol. The SMILES string of the molecule is C=C/C(C)=C(\C=C)c1cc(=C/C)/c(=C\C)cc1C=C. The van der Waals surface area contributed by atoms with Gasteiger partial charge in [-0.3, -0.25) is 0 Å². The zero-order valence-electron chi connectivity index (χ0n) is 12.2. The Hall–Kier alpha value is -2.08. The summed E-state index contributed by atoms with van der Waals surface area (Å²) in [5.74, 6) is 0. The van der Waals surface area contributed by atoms with E-state index < -0.39 is 0 Å². The Morgan fingerprint density at radius 2 is 1.53 bits per heavy atom.